The molecule has 8 heteroatoms. The van der Waals surface area contributed by atoms with Crippen LogP contribution in [-0.2, 0) is 0 Å². The molecule has 1 saturated carbocycles. The van der Waals surface area contributed by atoms with E-state index < -0.39 is 0 Å². The first-order valence-corrected chi connectivity index (χ1v) is 12.1. The molecule has 0 radical (unpaired) electrons. The van der Waals surface area contributed by atoms with E-state index in [-0.39, 0.29) is 6.10 Å². The first-order valence-electron chi connectivity index (χ1n) is 11.3. The molecule has 5 rings (SSSR count). The highest BCUT2D eigenvalue weighted by Crippen LogP contribution is 2.36. The van der Waals surface area contributed by atoms with Crippen LogP contribution < -0.4 is 9.47 Å². The second-order valence-electron chi connectivity index (χ2n) is 8.31. The minimum Gasteiger partial charge on any atom is -0.493 e. The monoisotopic (exact) mass is 504 g/mol. The first kappa shape index (κ1) is 23.2. The van der Waals surface area contributed by atoms with Gasteiger partial charge >= 0.3 is 0 Å². The van der Waals surface area contributed by atoms with Gasteiger partial charge in [0.2, 0.25) is 0 Å². The Balaban J connectivity index is 1.61. The van der Waals surface area contributed by atoms with Gasteiger partial charge in [0.1, 0.15) is 17.7 Å². The van der Waals surface area contributed by atoms with Gasteiger partial charge < -0.3 is 9.47 Å². The van der Waals surface area contributed by atoms with Gasteiger partial charge in [0.05, 0.1) is 39.9 Å². The SMILES string of the molecule is COc1cccc(/C=C/c2nc3cc(Cl)c(Cl)cc3n2-c2ccc(C#N)cn2)c1OC1CCCC1. The zero-order chi connectivity index (χ0) is 24.4. The van der Waals surface area contributed by atoms with Crippen LogP contribution >= 0.6 is 23.2 Å². The highest BCUT2D eigenvalue weighted by molar-refractivity contribution is 6.42. The molecular weight excluding hydrogens is 483 g/mol. The van der Waals surface area contributed by atoms with Crippen molar-refractivity contribution >= 4 is 46.4 Å². The molecule has 35 heavy (non-hydrogen) atoms. The molecule has 0 atom stereocenters. The number of ether oxygens (including phenoxy) is 2. The van der Waals surface area contributed by atoms with E-state index >= 15 is 0 Å². The van der Waals surface area contributed by atoms with Crippen molar-refractivity contribution in [1.82, 2.24) is 14.5 Å². The number of nitriles is 1. The fourth-order valence-electron chi connectivity index (χ4n) is 4.32. The summed E-state index contributed by atoms with van der Waals surface area (Å²) in [6, 6.07) is 14.9. The van der Waals surface area contributed by atoms with E-state index in [2.05, 4.69) is 11.1 Å². The quantitative estimate of drug-likeness (QED) is 0.280. The number of methoxy groups -OCH3 is 1. The average molecular weight is 505 g/mol. The van der Waals surface area contributed by atoms with Gasteiger partial charge in [0.25, 0.3) is 0 Å². The third-order valence-electron chi connectivity index (χ3n) is 6.06. The van der Waals surface area contributed by atoms with Crippen LogP contribution in [0.3, 0.4) is 0 Å². The average Bonchev–Trinajstić information content (AvgIpc) is 3.51. The lowest BCUT2D eigenvalue weighted by Crippen LogP contribution is -2.12. The standard InChI is InChI=1S/C27H22Cl2N4O2/c1-34-24-8-4-5-18(27(24)35-19-6-2-3-7-19)10-12-26-32-22-13-20(28)21(29)14-23(22)33(26)25-11-9-17(15-30)16-31-25/h4-5,8-14,16,19H,2-3,6-7H2,1H3/b12-10+. The number of halogens is 2. The van der Waals surface area contributed by atoms with Gasteiger partial charge in [-0.3, -0.25) is 4.57 Å². The summed E-state index contributed by atoms with van der Waals surface area (Å²) in [6.07, 6.45) is 10.0. The third kappa shape index (κ3) is 4.70. The zero-order valence-corrected chi connectivity index (χ0v) is 20.6. The second kappa shape index (κ2) is 9.99. The van der Waals surface area contributed by atoms with Crippen LogP contribution in [-0.4, -0.2) is 27.7 Å². The van der Waals surface area contributed by atoms with E-state index in [9.17, 15) is 0 Å². The smallest absolute Gasteiger partial charge is 0.168 e. The number of benzene rings is 2. The number of aromatic nitrogens is 3. The highest BCUT2D eigenvalue weighted by Gasteiger charge is 2.20. The molecule has 2 aromatic carbocycles. The molecule has 2 aromatic heterocycles. The predicted molar refractivity (Wildman–Crippen MR) is 138 cm³/mol. The molecule has 0 amide bonds. The molecule has 1 aliphatic rings. The largest absolute Gasteiger partial charge is 0.493 e. The minimum atomic E-state index is 0.190. The summed E-state index contributed by atoms with van der Waals surface area (Å²) in [6.45, 7) is 0. The highest BCUT2D eigenvalue weighted by atomic mass is 35.5. The Labute approximate surface area is 213 Å². The minimum absolute atomic E-state index is 0.190. The van der Waals surface area contributed by atoms with Gasteiger partial charge in [-0.15, -0.1) is 0 Å². The van der Waals surface area contributed by atoms with Crippen molar-refractivity contribution in [3.8, 4) is 23.4 Å². The number of imidazole rings is 1. The molecule has 0 N–H and O–H groups in total. The van der Waals surface area contributed by atoms with Crippen LogP contribution in [0.15, 0.2) is 48.7 Å². The van der Waals surface area contributed by atoms with Gasteiger partial charge in [0.15, 0.2) is 11.5 Å². The lowest BCUT2D eigenvalue weighted by molar-refractivity contribution is 0.200. The molecule has 4 aromatic rings. The summed E-state index contributed by atoms with van der Waals surface area (Å²) in [5.41, 5.74) is 2.79. The van der Waals surface area contributed by atoms with Gasteiger partial charge in [-0.2, -0.15) is 5.26 Å². The molecule has 0 bridgehead atoms. The van der Waals surface area contributed by atoms with Crippen LogP contribution in [0.5, 0.6) is 11.5 Å². The molecule has 6 nitrogen and oxygen atoms in total. The van der Waals surface area contributed by atoms with Crippen molar-refractivity contribution in [2.24, 2.45) is 0 Å². The molecule has 176 valence electrons. The molecular formula is C27H22Cl2N4O2. The van der Waals surface area contributed by atoms with Crippen molar-refractivity contribution in [3.63, 3.8) is 0 Å². The molecule has 1 aliphatic carbocycles. The number of rotatable bonds is 6. The van der Waals surface area contributed by atoms with Crippen LogP contribution in [0.25, 0.3) is 29.0 Å². The number of hydrogen-bond donors (Lipinski definition) is 0. The van der Waals surface area contributed by atoms with E-state index in [1.807, 2.05) is 34.9 Å². The van der Waals surface area contributed by atoms with Gasteiger partial charge in [-0.05, 0) is 68.2 Å². The number of pyridine rings is 1. The Morgan fingerprint density at radius 1 is 1.09 bits per heavy atom. The van der Waals surface area contributed by atoms with E-state index in [4.69, 9.17) is 42.9 Å². The fraction of sp³-hybridized carbons (Fsp3) is 0.222. The van der Waals surface area contributed by atoms with Crippen molar-refractivity contribution in [1.29, 1.82) is 5.26 Å². The summed E-state index contributed by atoms with van der Waals surface area (Å²) in [5.74, 6) is 2.66. The van der Waals surface area contributed by atoms with Crippen molar-refractivity contribution in [2.45, 2.75) is 31.8 Å². The summed E-state index contributed by atoms with van der Waals surface area (Å²) >= 11 is 12.6. The summed E-state index contributed by atoms with van der Waals surface area (Å²) < 4.78 is 13.8. The maximum Gasteiger partial charge on any atom is 0.168 e. The number of fused-ring (bicyclic) bond motifs is 1. The van der Waals surface area contributed by atoms with E-state index in [0.717, 1.165) is 29.7 Å². The molecule has 2 heterocycles. The number of nitrogens with zero attached hydrogens (tertiary/aromatic N) is 4. The van der Waals surface area contributed by atoms with Crippen molar-refractivity contribution in [3.05, 3.63) is 75.7 Å². The normalized spacial score (nSPS) is 14.0. The summed E-state index contributed by atoms with van der Waals surface area (Å²) in [4.78, 5) is 9.25. The maximum atomic E-state index is 9.16. The second-order valence-corrected chi connectivity index (χ2v) is 9.13. The van der Waals surface area contributed by atoms with Gasteiger partial charge in [0, 0.05) is 11.8 Å². The first-order chi connectivity index (χ1) is 17.1. The fourth-order valence-corrected chi connectivity index (χ4v) is 4.63. The lowest BCUT2D eigenvalue weighted by Gasteiger charge is -2.18. The van der Waals surface area contributed by atoms with Gasteiger partial charge in [-0.25, -0.2) is 9.97 Å². The number of para-hydroxylation sites is 1. The molecule has 0 aliphatic heterocycles. The number of hydrogen-bond acceptors (Lipinski definition) is 5. The zero-order valence-electron chi connectivity index (χ0n) is 19.0. The van der Waals surface area contributed by atoms with Crippen LogP contribution in [0.4, 0.5) is 0 Å². The van der Waals surface area contributed by atoms with Gasteiger partial charge in [-0.1, -0.05) is 35.3 Å². The van der Waals surface area contributed by atoms with Crippen molar-refractivity contribution < 1.29 is 9.47 Å². The molecule has 0 saturated heterocycles. The maximum absolute atomic E-state index is 9.16. The Bertz CT molecular complexity index is 1450. The van der Waals surface area contributed by atoms with Crippen LogP contribution in [0, 0.1) is 11.3 Å². The Morgan fingerprint density at radius 2 is 1.89 bits per heavy atom. The Hall–Kier alpha value is -3.53. The third-order valence-corrected chi connectivity index (χ3v) is 6.78. The van der Waals surface area contributed by atoms with Crippen LogP contribution in [0.2, 0.25) is 10.0 Å². The molecule has 0 unspecified atom stereocenters. The van der Waals surface area contributed by atoms with Crippen molar-refractivity contribution in [2.75, 3.05) is 7.11 Å². The van der Waals surface area contributed by atoms with E-state index in [0.29, 0.717) is 38.5 Å². The Morgan fingerprint density at radius 3 is 2.60 bits per heavy atom. The molecule has 0 spiro atoms. The predicted octanol–water partition coefficient (Wildman–Crippen LogP) is 7.10. The summed E-state index contributed by atoms with van der Waals surface area (Å²) in [5, 5.41) is 10.0. The van der Waals surface area contributed by atoms with E-state index in [1.54, 1.807) is 31.4 Å². The summed E-state index contributed by atoms with van der Waals surface area (Å²) in [7, 11) is 1.65. The lowest BCUT2D eigenvalue weighted by atomic mass is 10.1. The van der Waals surface area contributed by atoms with E-state index in [1.165, 1.54) is 19.0 Å². The Kier molecular flexibility index (Phi) is 6.63. The topological polar surface area (TPSA) is 73.0 Å². The van der Waals surface area contributed by atoms with Crippen LogP contribution in [0.1, 0.15) is 42.6 Å². The molecule has 1 fully saturated rings.